The number of amides is 3. The molecule has 1 aliphatic heterocycles. The number of fused-ring (bicyclic) bond motifs is 1. The summed E-state index contributed by atoms with van der Waals surface area (Å²) in [6.45, 7) is 2.15. The first-order valence-corrected chi connectivity index (χ1v) is 11.4. The Morgan fingerprint density at radius 1 is 1.09 bits per heavy atom. The number of benzene rings is 2. The molecule has 32 heavy (non-hydrogen) atoms. The first kappa shape index (κ1) is 22.0. The lowest BCUT2D eigenvalue weighted by Gasteiger charge is -2.16. The fourth-order valence-electron chi connectivity index (χ4n) is 3.68. The molecule has 1 saturated heterocycles. The number of aryl methyl sites for hydroxylation is 1. The predicted molar refractivity (Wildman–Crippen MR) is 126 cm³/mol. The van der Waals surface area contributed by atoms with Crippen LogP contribution in [0.2, 0.25) is 0 Å². The summed E-state index contributed by atoms with van der Waals surface area (Å²) in [6.07, 6.45) is 3.71. The summed E-state index contributed by atoms with van der Waals surface area (Å²) in [5, 5.41) is 6.28. The van der Waals surface area contributed by atoms with E-state index in [1.165, 1.54) is 10.9 Å². The molecule has 0 spiro atoms. The average molecular weight is 498 g/mol. The zero-order valence-electron chi connectivity index (χ0n) is 17.5. The molecular formula is C23H24BrN5O3. The van der Waals surface area contributed by atoms with Crippen LogP contribution in [-0.2, 0) is 17.9 Å². The number of likely N-dealkylation sites (tertiary alicyclic amines) is 1. The molecule has 1 aliphatic rings. The summed E-state index contributed by atoms with van der Waals surface area (Å²) in [6, 6.07) is 12.7. The van der Waals surface area contributed by atoms with Gasteiger partial charge in [0.25, 0.3) is 5.56 Å². The van der Waals surface area contributed by atoms with Crippen LogP contribution in [-0.4, -0.2) is 39.5 Å². The second-order valence-electron chi connectivity index (χ2n) is 7.76. The summed E-state index contributed by atoms with van der Waals surface area (Å²) in [4.78, 5) is 43.3. The molecule has 0 radical (unpaired) electrons. The van der Waals surface area contributed by atoms with Crippen molar-refractivity contribution in [2.75, 3.05) is 18.4 Å². The van der Waals surface area contributed by atoms with Crippen LogP contribution in [0.1, 0.15) is 24.8 Å². The van der Waals surface area contributed by atoms with Gasteiger partial charge in [-0.25, -0.2) is 9.78 Å². The number of urea groups is 1. The number of carbonyl (C=O) groups excluding carboxylic acids is 2. The van der Waals surface area contributed by atoms with Gasteiger partial charge in [-0.2, -0.15) is 0 Å². The van der Waals surface area contributed by atoms with Crippen LogP contribution >= 0.6 is 15.9 Å². The molecule has 0 aliphatic carbocycles. The highest BCUT2D eigenvalue weighted by atomic mass is 79.9. The third-order valence-corrected chi connectivity index (χ3v) is 5.92. The Morgan fingerprint density at radius 2 is 1.91 bits per heavy atom. The minimum Gasteiger partial charge on any atom is -0.352 e. The van der Waals surface area contributed by atoms with E-state index in [0.717, 1.165) is 36.0 Å². The van der Waals surface area contributed by atoms with E-state index in [0.29, 0.717) is 23.1 Å². The number of rotatable bonds is 6. The predicted octanol–water partition coefficient (Wildman–Crippen LogP) is 3.49. The lowest BCUT2D eigenvalue weighted by atomic mass is 10.2. The average Bonchev–Trinajstić information content (AvgIpc) is 3.33. The summed E-state index contributed by atoms with van der Waals surface area (Å²) in [5.41, 5.74) is 2.03. The van der Waals surface area contributed by atoms with E-state index >= 15 is 0 Å². The van der Waals surface area contributed by atoms with Crippen LogP contribution in [0.25, 0.3) is 10.9 Å². The van der Waals surface area contributed by atoms with E-state index in [9.17, 15) is 14.4 Å². The van der Waals surface area contributed by atoms with Crippen LogP contribution in [0, 0.1) is 0 Å². The highest BCUT2D eigenvalue weighted by Crippen LogP contribution is 2.15. The Kier molecular flexibility index (Phi) is 6.84. The van der Waals surface area contributed by atoms with E-state index in [2.05, 4.69) is 31.5 Å². The van der Waals surface area contributed by atoms with Gasteiger partial charge in [0.1, 0.15) is 0 Å². The molecule has 0 bridgehead atoms. The number of nitrogens with one attached hydrogen (secondary N) is 2. The highest BCUT2D eigenvalue weighted by molar-refractivity contribution is 9.10. The van der Waals surface area contributed by atoms with Gasteiger partial charge in [0.05, 0.1) is 17.2 Å². The SMILES string of the molecule is O=C(CCn1cnc2ccc(Br)cc2c1=O)NCc1cccc(NC(=O)N2CCCC2)c1. The summed E-state index contributed by atoms with van der Waals surface area (Å²) < 4.78 is 2.25. The van der Waals surface area contributed by atoms with E-state index in [1.54, 1.807) is 17.0 Å². The molecule has 2 N–H and O–H groups in total. The lowest BCUT2D eigenvalue weighted by Crippen LogP contribution is -2.32. The van der Waals surface area contributed by atoms with E-state index < -0.39 is 0 Å². The normalized spacial score (nSPS) is 13.3. The second-order valence-corrected chi connectivity index (χ2v) is 8.67. The molecule has 8 nitrogen and oxygen atoms in total. The largest absolute Gasteiger partial charge is 0.352 e. The van der Waals surface area contributed by atoms with Crippen LogP contribution in [0.4, 0.5) is 10.5 Å². The monoisotopic (exact) mass is 497 g/mol. The minimum atomic E-state index is -0.175. The number of carbonyl (C=O) groups is 2. The van der Waals surface area contributed by atoms with Gasteiger partial charge in [0, 0.05) is 42.8 Å². The lowest BCUT2D eigenvalue weighted by molar-refractivity contribution is -0.121. The van der Waals surface area contributed by atoms with E-state index in [1.807, 2.05) is 30.3 Å². The maximum absolute atomic E-state index is 12.6. The number of anilines is 1. The van der Waals surface area contributed by atoms with Crippen molar-refractivity contribution in [3.8, 4) is 0 Å². The van der Waals surface area contributed by atoms with Gasteiger partial charge >= 0.3 is 6.03 Å². The van der Waals surface area contributed by atoms with Crippen LogP contribution in [0.5, 0.6) is 0 Å². The standard InChI is InChI=1S/C23H24BrN5O3/c24-17-6-7-20-19(13-17)22(31)29(15-26-20)11-8-21(30)25-14-16-4-3-5-18(12-16)27-23(32)28-9-1-2-10-28/h3-7,12-13,15H,1-2,8-11,14H2,(H,25,30)(H,27,32). The molecule has 4 rings (SSSR count). The zero-order chi connectivity index (χ0) is 22.5. The minimum absolute atomic E-state index is 0.0925. The molecule has 1 aromatic heterocycles. The van der Waals surface area contributed by atoms with Crippen molar-refractivity contribution in [2.24, 2.45) is 0 Å². The summed E-state index contributed by atoms with van der Waals surface area (Å²) in [7, 11) is 0. The Labute approximate surface area is 193 Å². The van der Waals surface area contributed by atoms with Gasteiger partial charge in [-0.15, -0.1) is 0 Å². The Morgan fingerprint density at radius 3 is 2.72 bits per heavy atom. The number of hydrogen-bond donors (Lipinski definition) is 2. The molecule has 2 heterocycles. The quantitative estimate of drug-likeness (QED) is 0.544. The molecule has 0 saturated carbocycles. The van der Waals surface area contributed by atoms with Gasteiger partial charge in [0.15, 0.2) is 0 Å². The molecule has 3 aromatic rings. The van der Waals surface area contributed by atoms with Crippen LogP contribution in [0.3, 0.4) is 0 Å². The fourth-order valence-corrected chi connectivity index (χ4v) is 4.04. The van der Waals surface area contributed by atoms with Gasteiger partial charge < -0.3 is 15.5 Å². The van der Waals surface area contributed by atoms with Gasteiger partial charge in [-0.3, -0.25) is 14.2 Å². The van der Waals surface area contributed by atoms with Crippen molar-refractivity contribution in [3.05, 3.63) is 69.2 Å². The first-order valence-electron chi connectivity index (χ1n) is 10.6. The van der Waals surface area contributed by atoms with E-state index in [-0.39, 0.29) is 30.5 Å². The number of nitrogens with zero attached hydrogens (tertiary/aromatic N) is 3. The second kappa shape index (κ2) is 9.95. The van der Waals surface area contributed by atoms with E-state index in [4.69, 9.17) is 0 Å². The molecule has 0 unspecified atom stereocenters. The maximum atomic E-state index is 12.6. The zero-order valence-corrected chi connectivity index (χ0v) is 19.1. The van der Waals surface area contributed by atoms with Gasteiger partial charge in [-0.05, 0) is 48.7 Å². The Bertz CT molecular complexity index is 1200. The molecule has 0 atom stereocenters. The van der Waals surface area contributed by atoms with Gasteiger partial charge in [-0.1, -0.05) is 28.1 Å². The summed E-state index contributed by atoms with van der Waals surface area (Å²) >= 11 is 3.37. The Balaban J connectivity index is 1.30. The summed E-state index contributed by atoms with van der Waals surface area (Å²) in [5.74, 6) is -0.169. The highest BCUT2D eigenvalue weighted by Gasteiger charge is 2.17. The molecular weight excluding hydrogens is 474 g/mol. The first-order chi connectivity index (χ1) is 15.5. The number of aromatic nitrogens is 2. The van der Waals surface area contributed by atoms with Crippen molar-refractivity contribution >= 4 is 44.5 Å². The maximum Gasteiger partial charge on any atom is 0.321 e. The third kappa shape index (κ3) is 5.34. The third-order valence-electron chi connectivity index (χ3n) is 5.43. The molecule has 3 amide bonds. The van der Waals surface area contributed by atoms with Crippen molar-refractivity contribution < 1.29 is 9.59 Å². The van der Waals surface area contributed by atoms with Crippen molar-refractivity contribution in [3.63, 3.8) is 0 Å². The fraction of sp³-hybridized carbons (Fsp3) is 0.304. The van der Waals surface area contributed by atoms with Crippen LogP contribution in [0.15, 0.2) is 58.1 Å². The topological polar surface area (TPSA) is 96.3 Å². The molecule has 2 aromatic carbocycles. The van der Waals surface area contributed by atoms with Gasteiger partial charge in [0.2, 0.25) is 5.91 Å². The molecule has 1 fully saturated rings. The Hall–Kier alpha value is -3.20. The smallest absolute Gasteiger partial charge is 0.321 e. The molecule has 9 heteroatoms. The number of hydrogen-bond acceptors (Lipinski definition) is 4. The molecule has 166 valence electrons. The number of halogens is 1. The van der Waals surface area contributed by atoms with Crippen molar-refractivity contribution in [1.82, 2.24) is 19.8 Å². The van der Waals surface area contributed by atoms with Crippen molar-refractivity contribution in [1.29, 1.82) is 0 Å². The van der Waals surface area contributed by atoms with Crippen molar-refractivity contribution in [2.45, 2.75) is 32.4 Å². The van der Waals surface area contributed by atoms with Crippen LogP contribution < -0.4 is 16.2 Å².